The molecule has 1 aliphatic rings. The van der Waals surface area contributed by atoms with E-state index in [1.807, 2.05) is 0 Å². The average Bonchev–Trinajstić information content (AvgIpc) is 2.47. The molecule has 3 nitrogen and oxygen atoms in total. The Kier molecular flexibility index (Phi) is 6.18. The molecule has 0 aromatic heterocycles. The minimum Gasteiger partial charge on any atom is -0.494 e. The lowest BCUT2D eigenvalue weighted by Gasteiger charge is -2.22. The van der Waals surface area contributed by atoms with Crippen molar-refractivity contribution < 1.29 is 9.47 Å². The second kappa shape index (κ2) is 8.18. The second-order valence-corrected chi connectivity index (χ2v) is 5.24. The molecule has 1 saturated heterocycles. The first kappa shape index (κ1) is 14.4. The van der Waals surface area contributed by atoms with Crippen LogP contribution in [0.1, 0.15) is 24.8 Å². The summed E-state index contributed by atoms with van der Waals surface area (Å²) in [6, 6.07) is 8.36. The predicted molar refractivity (Wildman–Crippen MR) is 77.7 cm³/mol. The van der Waals surface area contributed by atoms with E-state index in [4.69, 9.17) is 9.47 Å². The summed E-state index contributed by atoms with van der Waals surface area (Å²) in [5.41, 5.74) is 1.30. The summed E-state index contributed by atoms with van der Waals surface area (Å²) in [7, 11) is 1.73. The van der Waals surface area contributed by atoms with Gasteiger partial charge >= 0.3 is 0 Å². The molecular weight excluding hydrogens is 238 g/mol. The Morgan fingerprint density at radius 1 is 1.21 bits per heavy atom. The molecule has 1 N–H and O–H groups in total. The summed E-state index contributed by atoms with van der Waals surface area (Å²) >= 11 is 0. The van der Waals surface area contributed by atoms with Crippen LogP contribution in [-0.4, -0.2) is 33.4 Å². The molecular formula is C16H25NO2. The van der Waals surface area contributed by atoms with E-state index in [1.54, 1.807) is 7.11 Å². The lowest BCUT2D eigenvalue weighted by Crippen LogP contribution is -2.30. The van der Waals surface area contributed by atoms with E-state index in [0.29, 0.717) is 0 Å². The second-order valence-electron chi connectivity index (χ2n) is 5.24. The Balaban J connectivity index is 1.67. The molecule has 0 radical (unpaired) electrons. The van der Waals surface area contributed by atoms with Crippen LogP contribution in [0, 0.1) is 5.92 Å². The maximum Gasteiger partial charge on any atom is 0.119 e. The minimum absolute atomic E-state index is 0.773. The van der Waals surface area contributed by atoms with Crippen LogP contribution in [0.15, 0.2) is 24.3 Å². The SMILES string of the molecule is COCCc1ccc(OCCC2CCCNC2)cc1. The van der Waals surface area contributed by atoms with E-state index in [2.05, 4.69) is 29.6 Å². The molecule has 1 heterocycles. The number of ether oxygens (including phenoxy) is 2. The monoisotopic (exact) mass is 263 g/mol. The zero-order valence-corrected chi connectivity index (χ0v) is 11.9. The molecule has 106 valence electrons. The molecule has 3 heteroatoms. The molecule has 19 heavy (non-hydrogen) atoms. The quantitative estimate of drug-likeness (QED) is 0.820. The molecule has 0 aliphatic carbocycles. The van der Waals surface area contributed by atoms with Crippen LogP contribution in [0.25, 0.3) is 0 Å². The standard InChI is InChI=1S/C16H25NO2/c1-18-11-8-14-4-6-16(7-5-14)19-12-9-15-3-2-10-17-13-15/h4-7,15,17H,2-3,8-13H2,1H3. The summed E-state index contributed by atoms with van der Waals surface area (Å²) in [5, 5.41) is 3.44. The number of nitrogens with one attached hydrogen (secondary N) is 1. The van der Waals surface area contributed by atoms with Gasteiger partial charge in [-0.3, -0.25) is 0 Å². The zero-order valence-electron chi connectivity index (χ0n) is 11.9. The molecule has 0 saturated carbocycles. The molecule has 1 fully saturated rings. The zero-order chi connectivity index (χ0) is 13.3. The molecule has 1 unspecified atom stereocenters. The molecule has 0 amide bonds. The Hall–Kier alpha value is -1.06. The third kappa shape index (κ3) is 5.21. The van der Waals surface area contributed by atoms with Gasteiger partial charge in [0.25, 0.3) is 0 Å². The van der Waals surface area contributed by atoms with Gasteiger partial charge in [-0.1, -0.05) is 12.1 Å². The third-order valence-electron chi connectivity index (χ3n) is 3.71. The van der Waals surface area contributed by atoms with Gasteiger partial charge in [0, 0.05) is 7.11 Å². The maximum absolute atomic E-state index is 5.81. The van der Waals surface area contributed by atoms with Gasteiger partial charge in [-0.05, 0) is 62.4 Å². The maximum atomic E-state index is 5.81. The predicted octanol–water partition coefficient (Wildman–Crippen LogP) is 2.64. The normalized spacial score (nSPS) is 19.3. The summed E-state index contributed by atoms with van der Waals surface area (Å²) in [6.07, 6.45) is 4.76. The fourth-order valence-electron chi connectivity index (χ4n) is 2.49. The Morgan fingerprint density at radius 3 is 2.74 bits per heavy atom. The van der Waals surface area contributed by atoms with Crippen molar-refractivity contribution in [3.8, 4) is 5.75 Å². The fourth-order valence-corrected chi connectivity index (χ4v) is 2.49. The number of hydrogen-bond donors (Lipinski definition) is 1. The smallest absolute Gasteiger partial charge is 0.119 e. The molecule has 1 aromatic rings. The third-order valence-corrected chi connectivity index (χ3v) is 3.71. The van der Waals surface area contributed by atoms with Gasteiger partial charge in [0.2, 0.25) is 0 Å². The average molecular weight is 263 g/mol. The van der Waals surface area contributed by atoms with E-state index in [1.165, 1.54) is 24.9 Å². The van der Waals surface area contributed by atoms with Gasteiger partial charge in [-0.15, -0.1) is 0 Å². The van der Waals surface area contributed by atoms with Gasteiger partial charge in [0.05, 0.1) is 13.2 Å². The molecule has 2 rings (SSSR count). The molecule has 1 atom stereocenters. The molecule has 0 spiro atoms. The van der Waals surface area contributed by atoms with Crippen molar-refractivity contribution in [2.75, 3.05) is 33.4 Å². The number of piperidine rings is 1. The first-order valence-corrected chi connectivity index (χ1v) is 7.30. The summed E-state index contributed by atoms with van der Waals surface area (Å²) in [5.74, 6) is 1.76. The van der Waals surface area contributed by atoms with Gasteiger partial charge < -0.3 is 14.8 Å². The number of methoxy groups -OCH3 is 1. The van der Waals surface area contributed by atoms with Crippen molar-refractivity contribution in [2.45, 2.75) is 25.7 Å². The van der Waals surface area contributed by atoms with Crippen LogP contribution in [0.2, 0.25) is 0 Å². The number of rotatable bonds is 7. The van der Waals surface area contributed by atoms with E-state index >= 15 is 0 Å². The summed E-state index contributed by atoms with van der Waals surface area (Å²) in [6.45, 7) is 3.93. The van der Waals surface area contributed by atoms with Crippen molar-refractivity contribution in [3.05, 3.63) is 29.8 Å². The lowest BCUT2D eigenvalue weighted by molar-refractivity contribution is 0.202. The molecule has 1 aliphatic heterocycles. The highest BCUT2D eigenvalue weighted by molar-refractivity contribution is 5.27. The Morgan fingerprint density at radius 2 is 2.05 bits per heavy atom. The van der Waals surface area contributed by atoms with E-state index in [0.717, 1.165) is 44.3 Å². The number of hydrogen-bond acceptors (Lipinski definition) is 3. The van der Waals surface area contributed by atoms with Gasteiger partial charge in [-0.2, -0.15) is 0 Å². The first-order valence-electron chi connectivity index (χ1n) is 7.30. The summed E-state index contributed by atoms with van der Waals surface area (Å²) in [4.78, 5) is 0. The van der Waals surface area contributed by atoms with Crippen LogP contribution in [0.3, 0.4) is 0 Å². The molecule has 1 aromatic carbocycles. The highest BCUT2D eigenvalue weighted by Gasteiger charge is 2.12. The first-order chi connectivity index (χ1) is 9.38. The number of benzene rings is 1. The van der Waals surface area contributed by atoms with Crippen molar-refractivity contribution >= 4 is 0 Å². The highest BCUT2D eigenvalue weighted by Crippen LogP contribution is 2.16. The van der Waals surface area contributed by atoms with Crippen molar-refractivity contribution in [1.29, 1.82) is 0 Å². The van der Waals surface area contributed by atoms with Crippen LogP contribution in [0.5, 0.6) is 5.75 Å². The van der Waals surface area contributed by atoms with Crippen LogP contribution >= 0.6 is 0 Å². The lowest BCUT2D eigenvalue weighted by atomic mass is 9.97. The highest BCUT2D eigenvalue weighted by atomic mass is 16.5. The largest absolute Gasteiger partial charge is 0.494 e. The van der Waals surface area contributed by atoms with E-state index in [-0.39, 0.29) is 0 Å². The van der Waals surface area contributed by atoms with Crippen LogP contribution in [-0.2, 0) is 11.2 Å². The van der Waals surface area contributed by atoms with Gasteiger partial charge in [0.15, 0.2) is 0 Å². The Labute approximate surface area is 116 Å². The molecule has 0 bridgehead atoms. The van der Waals surface area contributed by atoms with E-state index < -0.39 is 0 Å². The summed E-state index contributed by atoms with van der Waals surface area (Å²) < 4.78 is 10.9. The van der Waals surface area contributed by atoms with Crippen molar-refractivity contribution in [2.24, 2.45) is 5.92 Å². The van der Waals surface area contributed by atoms with Crippen LogP contribution in [0.4, 0.5) is 0 Å². The fraction of sp³-hybridized carbons (Fsp3) is 0.625. The van der Waals surface area contributed by atoms with Gasteiger partial charge in [0.1, 0.15) is 5.75 Å². The van der Waals surface area contributed by atoms with Crippen molar-refractivity contribution in [1.82, 2.24) is 5.32 Å². The topological polar surface area (TPSA) is 30.5 Å². The minimum atomic E-state index is 0.773. The van der Waals surface area contributed by atoms with E-state index in [9.17, 15) is 0 Å². The van der Waals surface area contributed by atoms with Crippen molar-refractivity contribution in [3.63, 3.8) is 0 Å². The van der Waals surface area contributed by atoms with Crippen LogP contribution < -0.4 is 10.1 Å². The van der Waals surface area contributed by atoms with Gasteiger partial charge in [-0.25, -0.2) is 0 Å². The Bertz CT molecular complexity index is 344.